The maximum absolute atomic E-state index is 12.2. The van der Waals surface area contributed by atoms with Gasteiger partial charge in [-0.15, -0.1) is 0 Å². The lowest BCUT2D eigenvalue weighted by molar-refractivity contribution is 0.0854. The van der Waals surface area contributed by atoms with Gasteiger partial charge in [0.1, 0.15) is 11.5 Å². The molecular weight excluding hydrogens is 258 g/mol. The average Bonchev–Trinajstić information content (AvgIpc) is 2.53. The summed E-state index contributed by atoms with van der Waals surface area (Å²) in [6.07, 6.45) is 0. The fraction of sp³-hybridized carbons (Fsp3) is 0.133. The molecule has 0 aliphatic heterocycles. The number of methoxy groups -OCH3 is 2. The first kappa shape index (κ1) is 13.9. The quantitative estimate of drug-likeness (QED) is 0.687. The van der Waals surface area contributed by atoms with Crippen molar-refractivity contribution in [2.45, 2.75) is 0 Å². The molecule has 2 aromatic carbocycles. The van der Waals surface area contributed by atoms with E-state index in [-0.39, 0.29) is 5.56 Å². The zero-order valence-corrected chi connectivity index (χ0v) is 11.2. The Balaban J connectivity index is 2.33. The van der Waals surface area contributed by atoms with Crippen LogP contribution in [0.3, 0.4) is 0 Å². The summed E-state index contributed by atoms with van der Waals surface area (Å²) in [7, 11) is 2.99. The second-order valence-electron chi connectivity index (χ2n) is 4.05. The molecule has 1 amide bonds. The average molecular weight is 273 g/mol. The summed E-state index contributed by atoms with van der Waals surface area (Å²) in [4.78, 5) is 12.2. The molecule has 2 rings (SSSR count). The molecule has 0 saturated heterocycles. The van der Waals surface area contributed by atoms with Crippen LogP contribution >= 0.6 is 0 Å². The highest BCUT2D eigenvalue weighted by Gasteiger charge is 2.17. The monoisotopic (exact) mass is 273 g/mol. The van der Waals surface area contributed by atoms with Gasteiger partial charge in [-0.05, 0) is 24.3 Å². The van der Waals surface area contributed by atoms with Gasteiger partial charge in [0.25, 0.3) is 5.91 Å². The fourth-order valence-electron chi connectivity index (χ4n) is 1.74. The number of rotatable bonds is 4. The van der Waals surface area contributed by atoms with E-state index in [9.17, 15) is 10.0 Å². The Morgan fingerprint density at radius 1 is 1.00 bits per heavy atom. The van der Waals surface area contributed by atoms with Crippen molar-refractivity contribution < 1.29 is 19.5 Å². The van der Waals surface area contributed by atoms with Crippen molar-refractivity contribution in [2.75, 3.05) is 19.3 Å². The van der Waals surface area contributed by atoms with Gasteiger partial charge < -0.3 is 9.47 Å². The lowest BCUT2D eigenvalue weighted by Gasteiger charge is -2.16. The number of anilines is 1. The Morgan fingerprint density at radius 2 is 1.55 bits per heavy atom. The molecule has 0 heterocycles. The van der Waals surface area contributed by atoms with Crippen molar-refractivity contribution in [2.24, 2.45) is 0 Å². The number of amides is 1. The molecule has 0 unspecified atom stereocenters. The van der Waals surface area contributed by atoms with Crippen LogP contribution in [-0.2, 0) is 0 Å². The van der Waals surface area contributed by atoms with Crippen LogP contribution < -0.4 is 14.5 Å². The van der Waals surface area contributed by atoms with Crippen LogP contribution in [0.25, 0.3) is 0 Å². The molecular formula is C15H15NO4. The van der Waals surface area contributed by atoms with Crippen LogP contribution in [0.15, 0.2) is 48.5 Å². The van der Waals surface area contributed by atoms with Gasteiger partial charge in [0.15, 0.2) is 0 Å². The second kappa shape index (κ2) is 6.08. The van der Waals surface area contributed by atoms with Gasteiger partial charge in [-0.2, -0.15) is 5.06 Å². The number of ether oxygens (including phenoxy) is 2. The summed E-state index contributed by atoms with van der Waals surface area (Å²) in [5, 5.41) is 10.6. The van der Waals surface area contributed by atoms with E-state index in [1.807, 2.05) is 0 Å². The number of hydroxylamine groups is 1. The molecule has 0 saturated carbocycles. The van der Waals surface area contributed by atoms with Gasteiger partial charge in [-0.1, -0.05) is 18.2 Å². The van der Waals surface area contributed by atoms with Crippen molar-refractivity contribution in [3.63, 3.8) is 0 Å². The number of nitrogens with zero attached hydrogens (tertiary/aromatic N) is 1. The van der Waals surface area contributed by atoms with E-state index >= 15 is 0 Å². The zero-order valence-electron chi connectivity index (χ0n) is 11.2. The molecule has 0 spiro atoms. The van der Waals surface area contributed by atoms with Crippen molar-refractivity contribution >= 4 is 11.6 Å². The third-order valence-electron chi connectivity index (χ3n) is 2.79. The Kier molecular flexibility index (Phi) is 4.22. The van der Waals surface area contributed by atoms with E-state index in [4.69, 9.17) is 9.47 Å². The van der Waals surface area contributed by atoms with E-state index in [2.05, 4.69) is 0 Å². The van der Waals surface area contributed by atoms with Crippen LogP contribution in [-0.4, -0.2) is 25.3 Å². The summed E-state index contributed by atoms with van der Waals surface area (Å²) in [5.41, 5.74) is 0.659. The molecule has 5 heteroatoms. The topological polar surface area (TPSA) is 59.0 Å². The van der Waals surface area contributed by atoms with Crippen LogP contribution in [0.2, 0.25) is 0 Å². The van der Waals surface area contributed by atoms with Gasteiger partial charge in [0.05, 0.1) is 19.9 Å². The largest absolute Gasteiger partial charge is 0.497 e. The Bertz CT molecular complexity index is 576. The summed E-state index contributed by atoms with van der Waals surface area (Å²) >= 11 is 0. The highest BCUT2D eigenvalue weighted by atomic mass is 16.5. The minimum atomic E-state index is -0.562. The number of carbonyl (C=O) groups excluding carboxylic acids is 1. The molecule has 0 aliphatic rings. The molecule has 104 valence electrons. The lowest BCUT2D eigenvalue weighted by atomic mass is 10.1. The van der Waals surface area contributed by atoms with Gasteiger partial charge >= 0.3 is 0 Å². The van der Waals surface area contributed by atoms with Crippen LogP contribution in [0.5, 0.6) is 11.5 Å². The normalized spacial score (nSPS) is 9.95. The van der Waals surface area contributed by atoms with Gasteiger partial charge in [0, 0.05) is 11.6 Å². The van der Waals surface area contributed by atoms with E-state index in [0.29, 0.717) is 22.2 Å². The van der Waals surface area contributed by atoms with E-state index in [1.54, 1.807) is 36.4 Å². The highest BCUT2D eigenvalue weighted by molar-refractivity contribution is 6.04. The van der Waals surface area contributed by atoms with Crippen molar-refractivity contribution in [1.29, 1.82) is 0 Å². The van der Waals surface area contributed by atoms with Crippen molar-refractivity contribution in [1.82, 2.24) is 0 Å². The maximum atomic E-state index is 12.2. The number of benzene rings is 2. The molecule has 0 radical (unpaired) electrons. The van der Waals surface area contributed by atoms with Crippen LogP contribution in [0.4, 0.5) is 5.69 Å². The van der Waals surface area contributed by atoms with Crippen LogP contribution in [0.1, 0.15) is 10.4 Å². The zero-order chi connectivity index (χ0) is 14.5. The number of hydrogen-bond acceptors (Lipinski definition) is 4. The SMILES string of the molecule is COc1cc(OC)cc(C(=O)N(O)c2ccccc2)c1. The van der Waals surface area contributed by atoms with Crippen LogP contribution in [0, 0.1) is 0 Å². The Hall–Kier alpha value is -2.53. The van der Waals surface area contributed by atoms with Crippen molar-refractivity contribution in [3.05, 3.63) is 54.1 Å². The number of para-hydroxylation sites is 1. The standard InChI is InChI=1S/C15H15NO4/c1-19-13-8-11(9-14(10-13)20-2)15(17)16(18)12-6-4-3-5-7-12/h3-10,18H,1-2H3. The Labute approximate surface area is 116 Å². The predicted molar refractivity (Wildman–Crippen MR) is 74.6 cm³/mol. The second-order valence-corrected chi connectivity index (χ2v) is 4.05. The Morgan fingerprint density at radius 3 is 2.05 bits per heavy atom. The third kappa shape index (κ3) is 2.89. The van der Waals surface area contributed by atoms with Gasteiger partial charge in [-0.25, -0.2) is 0 Å². The summed E-state index contributed by atoms with van der Waals surface area (Å²) in [5.74, 6) is 0.400. The van der Waals surface area contributed by atoms with Gasteiger partial charge in [0.2, 0.25) is 0 Å². The first-order valence-corrected chi connectivity index (χ1v) is 5.97. The van der Waals surface area contributed by atoms with E-state index < -0.39 is 5.91 Å². The minimum absolute atomic E-state index is 0.271. The predicted octanol–water partition coefficient (Wildman–Crippen LogP) is 2.74. The molecule has 5 nitrogen and oxygen atoms in total. The lowest BCUT2D eigenvalue weighted by Crippen LogP contribution is -2.26. The third-order valence-corrected chi connectivity index (χ3v) is 2.79. The molecule has 2 aromatic rings. The molecule has 0 atom stereocenters. The van der Waals surface area contributed by atoms with E-state index in [0.717, 1.165) is 0 Å². The summed E-state index contributed by atoms with van der Waals surface area (Å²) in [6.45, 7) is 0. The molecule has 0 bridgehead atoms. The maximum Gasteiger partial charge on any atom is 0.282 e. The highest BCUT2D eigenvalue weighted by Crippen LogP contribution is 2.24. The minimum Gasteiger partial charge on any atom is -0.497 e. The summed E-state index contributed by atoms with van der Waals surface area (Å²) < 4.78 is 10.2. The first-order valence-electron chi connectivity index (χ1n) is 5.97. The smallest absolute Gasteiger partial charge is 0.282 e. The van der Waals surface area contributed by atoms with Crippen molar-refractivity contribution in [3.8, 4) is 11.5 Å². The number of hydrogen-bond donors (Lipinski definition) is 1. The molecule has 0 aromatic heterocycles. The van der Waals surface area contributed by atoms with E-state index in [1.165, 1.54) is 26.4 Å². The van der Waals surface area contributed by atoms with Gasteiger partial charge in [-0.3, -0.25) is 10.0 Å². The molecule has 1 N–H and O–H groups in total. The fourth-order valence-corrected chi connectivity index (χ4v) is 1.74. The number of carbonyl (C=O) groups is 1. The molecule has 0 aliphatic carbocycles. The molecule has 0 fully saturated rings. The first-order chi connectivity index (χ1) is 9.65. The summed E-state index contributed by atoms with van der Waals surface area (Å²) in [6, 6.07) is 13.3. The molecule has 20 heavy (non-hydrogen) atoms.